The van der Waals surface area contributed by atoms with E-state index in [-0.39, 0.29) is 18.6 Å². The van der Waals surface area contributed by atoms with Crippen molar-refractivity contribution in [3.05, 3.63) is 59.7 Å². The van der Waals surface area contributed by atoms with Gasteiger partial charge >= 0.3 is 0 Å². The molecule has 6 nitrogen and oxygen atoms in total. The van der Waals surface area contributed by atoms with Gasteiger partial charge in [-0.2, -0.15) is 0 Å². The van der Waals surface area contributed by atoms with E-state index in [0.717, 1.165) is 5.56 Å². The van der Waals surface area contributed by atoms with Gasteiger partial charge in [-0.05, 0) is 43.2 Å². The van der Waals surface area contributed by atoms with Gasteiger partial charge in [0.05, 0.1) is 0 Å². The minimum Gasteiger partial charge on any atom is -0.454 e. The van der Waals surface area contributed by atoms with Crippen LogP contribution in [-0.2, 0) is 11.3 Å². The molecule has 2 heterocycles. The molecular weight excluding hydrogens is 332 g/mol. The Hall–Kier alpha value is -3.02. The van der Waals surface area contributed by atoms with Crippen LogP contribution in [0.3, 0.4) is 0 Å². The molecule has 0 spiro atoms. The van der Waals surface area contributed by atoms with Crippen molar-refractivity contribution >= 4 is 11.8 Å². The normalized spacial score (nSPS) is 20.4. The van der Waals surface area contributed by atoms with Gasteiger partial charge in [0.2, 0.25) is 12.7 Å². The van der Waals surface area contributed by atoms with Crippen LogP contribution in [0, 0.1) is 0 Å². The fourth-order valence-electron chi connectivity index (χ4n) is 3.28. The highest BCUT2D eigenvalue weighted by atomic mass is 16.7. The Morgan fingerprint density at radius 2 is 1.88 bits per heavy atom. The highest BCUT2D eigenvalue weighted by molar-refractivity contribution is 6.00. The van der Waals surface area contributed by atoms with E-state index in [0.29, 0.717) is 36.6 Å². The van der Waals surface area contributed by atoms with Gasteiger partial charge in [-0.25, -0.2) is 0 Å². The number of carbonyl (C=O) groups excluding carboxylic acids is 2. The van der Waals surface area contributed by atoms with Crippen molar-refractivity contribution in [2.24, 2.45) is 0 Å². The molecule has 1 atom stereocenters. The second-order valence-corrected chi connectivity index (χ2v) is 6.72. The number of hydrogen-bond donors (Lipinski definition) is 1. The first kappa shape index (κ1) is 16.4. The molecule has 2 aromatic rings. The zero-order valence-corrected chi connectivity index (χ0v) is 14.5. The first-order valence-corrected chi connectivity index (χ1v) is 8.62. The maximum absolute atomic E-state index is 12.7. The number of carbonyl (C=O) groups is 2. The highest BCUT2D eigenvalue weighted by Gasteiger charge is 2.49. The third-order valence-electron chi connectivity index (χ3n) is 5.06. The number of nitrogens with zero attached hydrogens (tertiary/aromatic N) is 1. The Kier molecular flexibility index (Phi) is 4.03. The van der Waals surface area contributed by atoms with Gasteiger partial charge in [-0.3, -0.25) is 9.59 Å². The van der Waals surface area contributed by atoms with Gasteiger partial charge in [0, 0.05) is 18.7 Å². The van der Waals surface area contributed by atoms with Crippen LogP contribution in [0.4, 0.5) is 0 Å². The maximum atomic E-state index is 12.7. The fourth-order valence-corrected chi connectivity index (χ4v) is 3.28. The predicted molar refractivity (Wildman–Crippen MR) is 94.9 cm³/mol. The first-order chi connectivity index (χ1) is 12.6. The molecule has 2 aliphatic rings. The first-order valence-electron chi connectivity index (χ1n) is 8.62. The zero-order chi connectivity index (χ0) is 18.1. The quantitative estimate of drug-likeness (QED) is 0.917. The van der Waals surface area contributed by atoms with Crippen LogP contribution in [0.25, 0.3) is 0 Å². The fraction of sp³-hybridized carbons (Fsp3) is 0.300. The topological polar surface area (TPSA) is 67.9 Å². The Morgan fingerprint density at radius 3 is 2.62 bits per heavy atom. The molecule has 26 heavy (non-hydrogen) atoms. The lowest BCUT2D eigenvalue weighted by molar-refractivity contribution is -0.137. The van der Waals surface area contributed by atoms with Crippen LogP contribution in [0.2, 0.25) is 0 Å². The number of amides is 2. The van der Waals surface area contributed by atoms with Crippen molar-refractivity contribution in [3.8, 4) is 11.5 Å². The Balaban J connectivity index is 1.41. The number of hydrogen-bond acceptors (Lipinski definition) is 4. The van der Waals surface area contributed by atoms with Gasteiger partial charge in [0.15, 0.2) is 11.5 Å². The van der Waals surface area contributed by atoms with Crippen LogP contribution in [0.1, 0.15) is 29.3 Å². The lowest BCUT2D eigenvalue weighted by Crippen LogP contribution is -2.67. The summed E-state index contributed by atoms with van der Waals surface area (Å²) < 4.78 is 10.6. The van der Waals surface area contributed by atoms with E-state index in [2.05, 4.69) is 5.32 Å². The summed E-state index contributed by atoms with van der Waals surface area (Å²) in [6.07, 6.45) is 0.651. The summed E-state index contributed by atoms with van der Waals surface area (Å²) in [6, 6.07) is 14.6. The second kappa shape index (κ2) is 6.37. The summed E-state index contributed by atoms with van der Waals surface area (Å²) in [4.78, 5) is 27.0. The van der Waals surface area contributed by atoms with E-state index < -0.39 is 5.54 Å². The molecule has 134 valence electrons. The lowest BCUT2D eigenvalue weighted by atomic mass is 9.84. The average molecular weight is 352 g/mol. The predicted octanol–water partition coefficient (Wildman–Crippen LogP) is 2.34. The number of benzene rings is 2. The van der Waals surface area contributed by atoms with E-state index in [1.54, 1.807) is 17.0 Å². The molecule has 2 aliphatic heterocycles. The van der Waals surface area contributed by atoms with Crippen LogP contribution in [-0.4, -0.2) is 35.6 Å². The Bertz CT molecular complexity index is 852. The smallest absolute Gasteiger partial charge is 0.254 e. The summed E-state index contributed by atoms with van der Waals surface area (Å²) in [5.41, 5.74) is 0.706. The molecule has 2 amide bonds. The van der Waals surface area contributed by atoms with Crippen molar-refractivity contribution in [2.45, 2.75) is 25.4 Å². The van der Waals surface area contributed by atoms with Gasteiger partial charge in [-0.15, -0.1) is 0 Å². The van der Waals surface area contributed by atoms with Crippen LogP contribution in [0.5, 0.6) is 11.5 Å². The van der Waals surface area contributed by atoms with E-state index in [1.807, 2.05) is 43.3 Å². The van der Waals surface area contributed by atoms with Gasteiger partial charge in [0.25, 0.3) is 5.91 Å². The standard InChI is InChI=1S/C20H20N2O4/c1-20(9-10-22(20)18(23)15-5-3-2-4-6-15)19(24)21-12-14-7-8-16-17(11-14)26-13-25-16/h2-8,11H,9-10,12-13H2,1H3,(H,21,24). The van der Waals surface area contributed by atoms with Crippen molar-refractivity contribution in [2.75, 3.05) is 13.3 Å². The largest absolute Gasteiger partial charge is 0.454 e. The van der Waals surface area contributed by atoms with Crippen molar-refractivity contribution in [1.82, 2.24) is 10.2 Å². The van der Waals surface area contributed by atoms with E-state index in [1.165, 1.54) is 0 Å². The number of ether oxygens (including phenoxy) is 2. The molecule has 0 aliphatic carbocycles. The molecule has 0 saturated carbocycles. The zero-order valence-electron chi connectivity index (χ0n) is 14.5. The lowest BCUT2D eigenvalue weighted by Gasteiger charge is -2.49. The molecule has 1 saturated heterocycles. The number of likely N-dealkylation sites (tertiary alicyclic amines) is 1. The molecule has 4 rings (SSSR count). The molecule has 0 aromatic heterocycles. The third-order valence-corrected chi connectivity index (χ3v) is 5.06. The van der Waals surface area contributed by atoms with Crippen LogP contribution >= 0.6 is 0 Å². The Morgan fingerprint density at radius 1 is 1.12 bits per heavy atom. The summed E-state index contributed by atoms with van der Waals surface area (Å²) in [5.74, 6) is 1.14. The Labute approximate surface area is 151 Å². The summed E-state index contributed by atoms with van der Waals surface area (Å²) >= 11 is 0. The SMILES string of the molecule is CC1(C(=O)NCc2ccc3c(c2)OCO3)CCN1C(=O)c1ccccc1. The summed E-state index contributed by atoms with van der Waals surface area (Å²) in [7, 11) is 0. The molecular formula is C20H20N2O4. The van der Waals surface area contributed by atoms with Crippen LogP contribution < -0.4 is 14.8 Å². The molecule has 1 N–H and O–H groups in total. The molecule has 0 bridgehead atoms. The van der Waals surface area contributed by atoms with Crippen LogP contribution in [0.15, 0.2) is 48.5 Å². The molecule has 2 aromatic carbocycles. The van der Waals surface area contributed by atoms with E-state index in [9.17, 15) is 9.59 Å². The number of nitrogens with one attached hydrogen (secondary N) is 1. The number of fused-ring (bicyclic) bond motifs is 1. The maximum Gasteiger partial charge on any atom is 0.254 e. The summed E-state index contributed by atoms with van der Waals surface area (Å²) in [6.45, 7) is 2.99. The second-order valence-electron chi connectivity index (χ2n) is 6.72. The van der Waals surface area contributed by atoms with E-state index >= 15 is 0 Å². The summed E-state index contributed by atoms with van der Waals surface area (Å²) in [5, 5.41) is 2.94. The number of rotatable bonds is 4. The minimum absolute atomic E-state index is 0.113. The molecule has 6 heteroatoms. The molecule has 1 unspecified atom stereocenters. The van der Waals surface area contributed by atoms with Crippen molar-refractivity contribution in [3.63, 3.8) is 0 Å². The molecule has 0 radical (unpaired) electrons. The van der Waals surface area contributed by atoms with Gasteiger partial charge in [0.1, 0.15) is 5.54 Å². The minimum atomic E-state index is -0.816. The molecule has 1 fully saturated rings. The van der Waals surface area contributed by atoms with Gasteiger partial charge < -0.3 is 19.7 Å². The average Bonchev–Trinajstić information content (AvgIpc) is 3.13. The van der Waals surface area contributed by atoms with Crippen molar-refractivity contribution < 1.29 is 19.1 Å². The van der Waals surface area contributed by atoms with Gasteiger partial charge in [-0.1, -0.05) is 24.3 Å². The third kappa shape index (κ3) is 2.77. The highest BCUT2D eigenvalue weighted by Crippen LogP contribution is 2.34. The van der Waals surface area contributed by atoms with Crippen molar-refractivity contribution in [1.29, 1.82) is 0 Å². The van der Waals surface area contributed by atoms with E-state index in [4.69, 9.17) is 9.47 Å². The monoisotopic (exact) mass is 352 g/mol.